The van der Waals surface area contributed by atoms with Crippen LogP contribution in [0.3, 0.4) is 0 Å². The van der Waals surface area contributed by atoms with Gasteiger partial charge in [-0.25, -0.2) is 0 Å². The zero-order chi connectivity index (χ0) is 18.1. The van der Waals surface area contributed by atoms with E-state index in [0.717, 1.165) is 32.5 Å². The number of carbonyl (C=O) groups excluding carboxylic acids is 1. The van der Waals surface area contributed by atoms with E-state index in [-0.39, 0.29) is 41.7 Å². The fourth-order valence-electron chi connectivity index (χ4n) is 5.62. The van der Waals surface area contributed by atoms with E-state index in [1.807, 2.05) is 6.92 Å². The van der Waals surface area contributed by atoms with E-state index < -0.39 is 11.7 Å². The molecule has 0 aromatic heterocycles. The van der Waals surface area contributed by atoms with Crippen molar-refractivity contribution < 1.29 is 24.1 Å². The molecule has 6 heteroatoms. The first-order valence-corrected chi connectivity index (χ1v) is 10.4. The molecule has 5 fully saturated rings. The summed E-state index contributed by atoms with van der Waals surface area (Å²) in [5.74, 6) is -0.263. The highest BCUT2D eigenvalue weighted by Gasteiger charge is 2.67. The lowest BCUT2D eigenvalue weighted by atomic mass is 9.77. The number of likely N-dealkylation sites (tertiary alicyclic amines) is 1. The van der Waals surface area contributed by atoms with Crippen LogP contribution in [0.2, 0.25) is 0 Å². The molecular weight excluding hydrogens is 334 g/mol. The molecule has 6 nitrogen and oxygen atoms in total. The lowest BCUT2D eigenvalue weighted by molar-refractivity contribution is -0.145. The van der Waals surface area contributed by atoms with Gasteiger partial charge in [0.1, 0.15) is 17.8 Å². The maximum absolute atomic E-state index is 12.7. The second-order valence-electron chi connectivity index (χ2n) is 9.46. The van der Waals surface area contributed by atoms with E-state index in [9.17, 15) is 9.90 Å². The van der Waals surface area contributed by atoms with Crippen LogP contribution in [-0.2, 0) is 19.0 Å². The van der Waals surface area contributed by atoms with Crippen molar-refractivity contribution in [3.8, 4) is 0 Å². The first-order chi connectivity index (χ1) is 12.4. The van der Waals surface area contributed by atoms with Crippen molar-refractivity contribution in [1.29, 1.82) is 0 Å². The van der Waals surface area contributed by atoms with Crippen molar-refractivity contribution in [3.63, 3.8) is 0 Å². The average Bonchev–Trinajstić information content (AvgIpc) is 3.47. The molecule has 5 rings (SSSR count). The number of piperidine rings is 1. The molecular formula is C20H31NO5. The molecule has 26 heavy (non-hydrogen) atoms. The number of epoxide rings is 2. The topological polar surface area (TPSA) is 74.8 Å². The Hall–Kier alpha value is -0.690. The van der Waals surface area contributed by atoms with Gasteiger partial charge in [-0.3, -0.25) is 4.79 Å². The van der Waals surface area contributed by atoms with Gasteiger partial charge >= 0.3 is 5.97 Å². The number of rotatable bonds is 2. The second kappa shape index (κ2) is 5.90. The number of hydrogen-bond donors (Lipinski definition) is 1. The van der Waals surface area contributed by atoms with Crippen molar-refractivity contribution in [1.82, 2.24) is 4.90 Å². The van der Waals surface area contributed by atoms with E-state index in [0.29, 0.717) is 6.42 Å². The molecule has 1 saturated carbocycles. The molecule has 0 aromatic carbocycles. The van der Waals surface area contributed by atoms with Gasteiger partial charge in [-0.05, 0) is 59.0 Å². The maximum atomic E-state index is 12.7. The van der Waals surface area contributed by atoms with Gasteiger partial charge in [0.05, 0.1) is 23.7 Å². The second-order valence-corrected chi connectivity index (χ2v) is 9.46. The summed E-state index contributed by atoms with van der Waals surface area (Å²) in [4.78, 5) is 15.1. The fraction of sp³-hybridized carbons (Fsp3) is 0.950. The number of nitrogens with zero attached hydrogens (tertiary/aromatic N) is 1. The smallest absolute Gasteiger partial charge is 0.311 e. The third-order valence-corrected chi connectivity index (χ3v) is 7.67. The zero-order valence-electron chi connectivity index (χ0n) is 15.9. The van der Waals surface area contributed by atoms with Crippen LogP contribution in [0.1, 0.15) is 52.4 Å². The van der Waals surface area contributed by atoms with Crippen LogP contribution in [0.25, 0.3) is 0 Å². The summed E-state index contributed by atoms with van der Waals surface area (Å²) >= 11 is 0. The molecule has 1 N–H and O–H groups in total. The molecule has 4 heterocycles. The van der Waals surface area contributed by atoms with Gasteiger partial charge in [-0.2, -0.15) is 0 Å². The minimum Gasteiger partial charge on any atom is -0.459 e. The highest BCUT2D eigenvalue weighted by molar-refractivity contribution is 5.76. The molecule has 0 spiro atoms. The van der Waals surface area contributed by atoms with Crippen LogP contribution < -0.4 is 0 Å². The molecule has 0 unspecified atom stereocenters. The van der Waals surface area contributed by atoms with Crippen LogP contribution in [0.5, 0.6) is 0 Å². The van der Waals surface area contributed by atoms with Crippen LogP contribution >= 0.6 is 0 Å². The summed E-state index contributed by atoms with van der Waals surface area (Å²) in [6.45, 7) is 6.99. The minimum absolute atomic E-state index is 0.00558. The van der Waals surface area contributed by atoms with E-state index in [1.54, 1.807) is 0 Å². The maximum Gasteiger partial charge on any atom is 0.311 e. The molecule has 5 aliphatic rings. The Balaban J connectivity index is 1.39. The first-order valence-electron chi connectivity index (χ1n) is 10.4. The van der Waals surface area contributed by atoms with E-state index >= 15 is 0 Å². The largest absolute Gasteiger partial charge is 0.459 e. The van der Waals surface area contributed by atoms with Gasteiger partial charge in [0.2, 0.25) is 0 Å². The van der Waals surface area contributed by atoms with Gasteiger partial charge in [-0.1, -0.05) is 6.42 Å². The Morgan fingerprint density at radius 1 is 1.19 bits per heavy atom. The van der Waals surface area contributed by atoms with E-state index in [1.165, 1.54) is 19.3 Å². The van der Waals surface area contributed by atoms with Gasteiger partial charge in [0.15, 0.2) is 0 Å². The Bertz CT molecular complexity index is 593. The minimum atomic E-state index is -0.554. The summed E-state index contributed by atoms with van der Waals surface area (Å²) < 4.78 is 17.8. The summed E-state index contributed by atoms with van der Waals surface area (Å²) in [6, 6.07) is 0. The van der Waals surface area contributed by atoms with Crippen molar-refractivity contribution in [2.75, 3.05) is 19.6 Å². The van der Waals surface area contributed by atoms with Crippen molar-refractivity contribution in [3.05, 3.63) is 0 Å². The molecule has 1 aliphatic carbocycles. The number of aliphatic hydroxyl groups is 1. The van der Waals surface area contributed by atoms with Gasteiger partial charge in [0.25, 0.3) is 0 Å². The van der Waals surface area contributed by atoms with E-state index in [2.05, 4.69) is 11.8 Å². The van der Waals surface area contributed by atoms with Gasteiger partial charge in [-0.15, -0.1) is 0 Å². The number of ether oxygens (including phenoxy) is 3. The monoisotopic (exact) mass is 365 g/mol. The molecule has 8 atom stereocenters. The molecule has 0 radical (unpaired) electrons. The van der Waals surface area contributed by atoms with Crippen LogP contribution in [0, 0.1) is 11.8 Å². The Morgan fingerprint density at radius 2 is 1.96 bits per heavy atom. The third kappa shape index (κ3) is 2.72. The van der Waals surface area contributed by atoms with Crippen LogP contribution in [-0.4, -0.2) is 71.2 Å². The summed E-state index contributed by atoms with van der Waals surface area (Å²) in [5, 5.41) is 10.9. The lowest BCUT2D eigenvalue weighted by Crippen LogP contribution is -2.42. The average molecular weight is 365 g/mol. The number of fused-ring (bicyclic) bond motifs is 4. The third-order valence-electron chi connectivity index (χ3n) is 7.67. The predicted octanol–water partition coefficient (Wildman–Crippen LogP) is 1.49. The standard InChI is InChI=1S/C20H31NO5/c1-19-7-6-15-20(2,25-15)14(22)10-12-13(11-21-8-4-3-5-9-21)18(23)24-16(12)17(19)26-19/h12-17,22H,3-11H2,1-2H3/t12-,13-,14+,15+,16-,17+,19+,20+/m1/s1. The lowest BCUT2D eigenvalue weighted by Gasteiger charge is -2.31. The van der Waals surface area contributed by atoms with E-state index in [4.69, 9.17) is 14.2 Å². The molecule has 4 aliphatic heterocycles. The molecule has 0 bridgehead atoms. The Kier molecular flexibility index (Phi) is 3.95. The molecule has 4 saturated heterocycles. The first kappa shape index (κ1) is 17.4. The number of aliphatic hydroxyl groups excluding tert-OH is 1. The fourth-order valence-corrected chi connectivity index (χ4v) is 5.62. The highest BCUT2D eigenvalue weighted by Crippen LogP contribution is 2.54. The van der Waals surface area contributed by atoms with Crippen LogP contribution in [0.15, 0.2) is 0 Å². The Morgan fingerprint density at radius 3 is 2.73 bits per heavy atom. The summed E-state index contributed by atoms with van der Waals surface area (Å²) in [7, 11) is 0. The van der Waals surface area contributed by atoms with Crippen LogP contribution in [0.4, 0.5) is 0 Å². The number of esters is 1. The van der Waals surface area contributed by atoms with Crippen molar-refractivity contribution >= 4 is 5.97 Å². The normalized spacial score (nSPS) is 53.9. The molecule has 146 valence electrons. The Labute approximate surface area is 155 Å². The van der Waals surface area contributed by atoms with Crippen molar-refractivity contribution in [2.45, 2.75) is 88.0 Å². The molecule has 0 aromatic rings. The van der Waals surface area contributed by atoms with Gasteiger partial charge < -0.3 is 24.2 Å². The zero-order valence-corrected chi connectivity index (χ0v) is 15.9. The predicted molar refractivity (Wildman–Crippen MR) is 93.6 cm³/mol. The molecule has 0 amide bonds. The summed E-state index contributed by atoms with van der Waals surface area (Å²) in [6.07, 6.45) is 5.32. The summed E-state index contributed by atoms with van der Waals surface area (Å²) in [5.41, 5.74) is -0.678. The quantitative estimate of drug-likeness (QED) is 0.590. The SMILES string of the molecule is C[C@@]12O[C@H]1CC[C@]1(C)O[C@H]1[C@@H]1OC(=O)[C@H](CN3CCCCC3)[C@H]1C[C@@H]2O. The number of carbonyl (C=O) groups is 1. The van der Waals surface area contributed by atoms with Gasteiger partial charge in [0, 0.05) is 12.5 Å². The highest BCUT2D eigenvalue weighted by atomic mass is 16.7. The number of hydrogen-bond acceptors (Lipinski definition) is 6. The van der Waals surface area contributed by atoms with Crippen molar-refractivity contribution in [2.24, 2.45) is 11.8 Å².